The number of benzene rings is 1. The van der Waals surface area contributed by atoms with E-state index in [-0.39, 0.29) is 17.7 Å². The number of nitrogens with one attached hydrogen (secondary N) is 1. The minimum Gasteiger partial charge on any atom is -0.339 e. The number of anilines is 1. The van der Waals surface area contributed by atoms with Crippen LogP contribution in [0.5, 0.6) is 0 Å². The molecule has 0 bridgehead atoms. The van der Waals surface area contributed by atoms with Gasteiger partial charge in [0.25, 0.3) is 0 Å². The van der Waals surface area contributed by atoms with Crippen molar-refractivity contribution in [3.8, 4) is 5.69 Å². The lowest BCUT2D eigenvalue weighted by molar-refractivity contribution is -0.130. The van der Waals surface area contributed by atoms with Crippen LogP contribution in [0.25, 0.3) is 5.69 Å². The van der Waals surface area contributed by atoms with E-state index in [1.165, 1.54) is 19.3 Å². The third-order valence-electron chi connectivity index (χ3n) is 5.43. The molecule has 1 aliphatic heterocycles. The summed E-state index contributed by atoms with van der Waals surface area (Å²) in [6.45, 7) is 0.550. The molecule has 136 valence electrons. The van der Waals surface area contributed by atoms with Crippen molar-refractivity contribution in [3.63, 3.8) is 0 Å². The fourth-order valence-corrected chi connectivity index (χ4v) is 4.04. The van der Waals surface area contributed by atoms with E-state index in [1.54, 1.807) is 10.9 Å². The molecule has 2 aliphatic rings. The van der Waals surface area contributed by atoms with Gasteiger partial charge in [0.15, 0.2) is 0 Å². The van der Waals surface area contributed by atoms with Crippen molar-refractivity contribution < 1.29 is 9.59 Å². The van der Waals surface area contributed by atoms with Gasteiger partial charge in [0.1, 0.15) is 0 Å². The van der Waals surface area contributed by atoms with E-state index in [9.17, 15) is 9.59 Å². The number of rotatable bonds is 4. The predicted octanol–water partition coefficient (Wildman–Crippen LogP) is 2.99. The van der Waals surface area contributed by atoms with Crippen LogP contribution in [0.2, 0.25) is 0 Å². The Bertz CT molecular complexity index is 781. The summed E-state index contributed by atoms with van der Waals surface area (Å²) in [7, 11) is 0. The van der Waals surface area contributed by atoms with Crippen LogP contribution >= 0.6 is 0 Å². The first-order valence-corrected chi connectivity index (χ1v) is 9.41. The third kappa shape index (κ3) is 3.49. The fraction of sp³-hybridized carbons (Fsp3) is 0.450. The van der Waals surface area contributed by atoms with Gasteiger partial charge in [-0.25, -0.2) is 4.68 Å². The molecule has 2 aromatic rings. The molecular weight excluding hydrogens is 328 g/mol. The molecule has 1 unspecified atom stereocenters. The molecule has 1 saturated heterocycles. The number of carbonyl (C=O) groups is 2. The fourth-order valence-electron chi connectivity index (χ4n) is 4.04. The second-order valence-corrected chi connectivity index (χ2v) is 7.23. The molecule has 6 heteroatoms. The number of likely N-dealkylation sites (tertiary alicyclic amines) is 1. The highest BCUT2D eigenvalue weighted by Gasteiger charge is 2.38. The molecule has 2 amide bonds. The van der Waals surface area contributed by atoms with E-state index in [1.807, 2.05) is 41.4 Å². The molecule has 1 N–H and O–H groups in total. The summed E-state index contributed by atoms with van der Waals surface area (Å²) in [5.74, 6) is -0.214. The largest absolute Gasteiger partial charge is 0.339 e. The number of amides is 2. The second kappa shape index (κ2) is 7.32. The summed E-state index contributed by atoms with van der Waals surface area (Å²) < 4.78 is 1.75. The standard InChI is InChI=1S/C20H24N4O2/c25-19-12-15(14-23(19)17-7-2-1-3-8-17)20(26)22-16-6-4-9-18(13-16)24-11-5-10-21-24/h4-6,9-11,13,15,17H,1-3,7-8,12,14H2,(H,22,26). The summed E-state index contributed by atoms with van der Waals surface area (Å²) in [6.07, 6.45) is 9.68. The Kier molecular flexibility index (Phi) is 4.73. The van der Waals surface area contributed by atoms with Crippen LogP contribution in [-0.4, -0.2) is 39.1 Å². The van der Waals surface area contributed by atoms with Crippen LogP contribution in [0.1, 0.15) is 38.5 Å². The Morgan fingerprint density at radius 2 is 2.00 bits per heavy atom. The van der Waals surface area contributed by atoms with Gasteiger partial charge in [-0.05, 0) is 37.1 Å². The molecule has 0 spiro atoms. The first-order valence-electron chi connectivity index (χ1n) is 9.41. The minimum absolute atomic E-state index is 0.0747. The monoisotopic (exact) mass is 352 g/mol. The average molecular weight is 352 g/mol. The third-order valence-corrected chi connectivity index (χ3v) is 5.43. The van der Waals surface area contributed by atoms with Gasteiger partial charge in [-0.2, -0.15) is 5.10 Å². The second-order valence-electron chi connectivity index (χ2n) is 7.23. The smallest absolute Gasteiger partial charge is 0.229 e. The van der Waals surface area contributed by atoms with E-state index in [2.05, 4.69) is 10.4 Å². The number of hydrogen-bond donors (Lipinski definition) is 1. The predicted molar refractivity (Wildman–Crippen MR) is 98.9 cm³/mol. The number of nitrogens with zero attached hydrogens (tertiary/aromatic N) is 3. The van der Waals surface area contributed by atoms with E-state index in [0.29, 0.717) is 19.0 Å². The van der Waals surface area contributed by atoms with Crippen molar-refractivity contribution >= 4 is 17.5 Å². The van der Waals surface area contributed by atoms with Gasteiger partial charge >= 0.3 is 0 Å². The number of aromatic nitrogens is 2. The minimum atomic E-state index is -0.266. The van der Waals surface area contributed by atoms with Crippen molar-refractivity contribution in [3.05, 3.63) is 42.7 Å². The van der Waals surface area contributed by atoms with Crippen molar-refractivity contribution in [2.75, 3.05) is 11.9 Å². The van der Waals surface area contributed by atoms with Gasteiger partial charge in [0.2, 0.25) is 11.8 Å². The Labute approximate surface area is 153 Å². The van der Waals surface area contributed by atoms with Gasteiger partial charge in [-0.1, -0.05) is 25.3 Å². The molecule has 0 radical (unpaired) electrons. The van der Waals surface area contributed by atoms with Crippen LogP contribution in [-0.2, 0) is 9.59 Å². The maximum atomic E-state index is 12.7. The normalized spacial score (nSPS) is 21.2. The Morgan fingerprint density at radius 1 is 1.15 bits per heavy atom. The van der Waals surface area contributed by atoms with E-state index < -0.39 is 0 Å². The zero-order chi connectivity index (χ0) is 17.9. The van der Waals surface area contributed by atoms with Gasteiger partial charge in [-0.15, -0.1) is 0 Å². The van der Waals surface area contributed by atoms with Crippen LogP contribution in [0.4, 0.5) is 5.69 Å². The Hall–Kier alpha value is -2.63. The van der Waals surface area contributed by atoms with Crippen molar-refractivity contribution in [2.24, 2.45) is 5.92 Å². The van der Waals surface area contributed by atoms with E-state index in [4.69, 9.17) is 0 Å². The SMILES string of the molecule is O=C(Nc1cccc(-n2cccn2)c1)C1CC(=O)N(C2CCCCC2)C1. The maximum Gasteiger partial charge on any atom is 0.229 e. The lowest BCUT2D eigenvalue weighted by Crippen LogP contribution is -2.38. The summed E-state index contributed by atoms with van der Waals surface area (Å²) in [5.41, 5.74) is 1.62. The quantitative estimate of drug-likeness (QED) is 0.920. The molecule has 2 fully saturated rings. The Morgan fingerprint density at radius 3 is 2.77 bits per heavy atom. The summed E-state index contributed by atoms with van der Waals surface area (Å²) in [4.78, 5) is 27.0. The van der Waals surface area contributed by atoms with E-state index in [0.717, 1.165) is 24.2 Å². The highest BCUT2D eigenvalue weighted by atomic mass is 16.2. The molecule has 2 heterocycles. The first-order chi connectivity index (χ1) is 12.7. The van der Waals surface area contributed by atoms with Crippen LogP contribution in [0.3, 0.4) is 0 Å². The first kappa shape index (κ1) is 16.8. The van der Waals surface area contributed by atoms with Gasteiger partial charge in [-0.3, -0.25) is 9.59 Å². The Balaban J connectivity index is 1.41. The van der Waals surface area contributed by atoms with E-state index >= 15 is 0 Å². The molecule has 1 aliphatic carbocycles. The maximum absolute atomic E-state index is 12.7. The molecule has 4 rings (SSSR count). The highest BCUT2D eigenvalue weighted by molar-refractivity contribution is 5.97. The molecule has 1 aromatic heterocycles. The molecule has 6 nitrogen and oxygen atoms in total. The molecule has 1 saturated carbocycles. The molecular formula is C20H24N4O2. The summed E-state index contributed by atoms with van der Waals surface area (Å²) >= 11 is 0. The topological polar surface area (TPSA) is 67.2 Å². The van der Waals surface area contributed by atoms with Gasteiger partial charge < -0.3 is 10.2 Å². The molecule has 26 heavy (non-hydrogen) atoms. The average Bonchev–Trinajstić information content (AvgIpc) is 3.32. The van der Waals surface area contributed by atoms with Crippen LogP contribution in [0, 0.1) is 5.92 Å². The highest BCUT2D eigenvalue weighted by Crippen LogP contribution is 2.29. The van der Waals surface area contributed by atoms with Crippen LogP contribution in [0.15, 0.2) is 42.7 Å². The van der Waals surface area contributed by atoms with Gasteiger partial charge in [0, 0.05) is 37.1 Å². The molecule has 1 atom stereocenters. The van der Waals surface area contributed by atoms with Crippen molar-refractivity contribution in [1.82, 2.24) is 14.7 Å². The van der Waals surface area contributed by atoms with Crippen molar-refractivity contribution in [2.45, 2.75) is 44.6 Å². The number of carbonyl (C=O) groups excluding carboxylic acids is 2. The zero-order valence-electron chi connectivity index (χ0n) is 14.8. The van der Waals surface area contributed by atoms with Crippen molar-refractivity contribution in [1.29, 1.82) is 0 Å². The van der Waals surface area contributed by atoms with Gasteiger partial charge in [0.05, 0.1) is 11.6 Å². The lowest BCUT2D eigenvalue weighted by Gasteiger charge is -2.31. The zero-order valence-corrected chi connectivity index (χ0v) is 14.8. The number of hydrogen-bond acceptors (Lipinski definition) is 3. The lowest BCUT2D eigenvalue weighted by atomic mass is 9.94. The molecule has 1 aromatic carbocycles. The summed E-state index contributed by atoms with van der Waals surface area (Å²) in [5, 5.41) is 7.18. The summed E-state index contributed by atoms with van der Waals surface area (Å²) in [6, 6.07) is 9.76. The van der Waals surface area contributed by atoms with Crippen LogP contribution < -0.4 is 5.32 Å².